The summed E-state index contributed by atoms with van der Waals surface area (Å²) in [5.74, 6) is 1.86. The van der Waals surface area contributed by atoms with Crippen LogP contribution in [0.5, 0.6) is 0 Å². The van der Waals surface area contributed by atoms with E-state index in [1.165, 1.54) is 0 Å². The molecule has 0 aliphatic rings. The number of anilines is 1. The number of hydrogen-bond donors (Lipinski definition) is 2. The summed E-state index contributed by atoms with van der Waals surface area (Å²) < 4.78 is 5.80. The Labute approximate surface area is 121 Å². The molecule has 0 bridgehead atoms. The number of aryl methyl sites for hydroxylation is 1. The Hall–Kier alpha value is -2.75. The molecule has 4 rings (SSSR count). The van der Waals surface area contributed by atoms with Crippen molar-refractivity contribution in [1.29, 1.82) is 0 Å². The number of benzene rings is 2. The molecule has 2 N–H and O–H groups in total. The summed E-state index contributed by atoms with van der Waals surface area (Å²) in [7, 11) is 0. The number of nitrogens with zero attached hydrogens (tertiary/aromatic N) is 1. The van der Waals surface area contributed by atoms with Crippen LogP contribution in [0.15, 0.2) is 52.9 Å². The molecule has 21 heavy (non-hydrogen) atoms. The van der Waals surface area contributed by atoms with Crippen molar-refractivity contribution in [1.82, 2.24) is 9.97 Å². The lowest BCUT2D eigenvalue weighted by Crippen LogP contribution is -1.97. The van der Waals surface area contributed by atoms with E-state index in [9.17, 15) is 0 Å². The fourth-order valence-corrected chi connectivity index (χ4v) is 2.56. The number of H-pyrrole nitrogens is 1. The number of imidazole rings is 1. The lowest BCUT2D eigenvalue weighted by molar-refractivity contribution is 0.559. The highest BCUT2D eigenvalue weighted by molar-refractivity contribution is 5.80. The van der Waals surface area contributed by atoms with Crippen LogP contribution in [0.3, 0.4) is 0 Å². The van der Waals surface area contributed by atoms with Gasteiger partial charge < -0.3 is 14.7 Å². The van der Waals surface area contributed by atoms with Crippen molar-refractivity contribution < 1.29 is 4.42 Å². The molecule has 0 saturated carbocycles. The number of aromatic amines is 1. The van der Waals surface area contributed by atoms with Crippen LogP contribution in [0.4, 0.5) is 5.69 Å². The zero-order chi connectivity index (χ0) is 14.2. The van der Waals surface area contributed by atoms with Crippen LogP contribution in [-0.2, 0) is 6.54 Å². The van der Waals surface area contributed by atoms with E-state index in [0.29, 0.717) is 6.54 Å². The SMILES string of the molecule is Cc1nc2ccc(NCc3cc4ccccc4o3)cc2[nH]1. The minimum atomic E-state index is 0.660. The van der Waals surface area contributed by atoms with E-state index < -0.39 is 0 Å². The molecule has 4 nitrogen and oxygen atoms in total. The Morgan fingerprint density at radius 1 is 1.14 bits per heavy atom. The number of furan rings is 1. The summed E-state index contributed by atoms with van der Waals surface area (Å²) in [5, 5.41) is 4.52. The van der Waals surface area contributed by atoms with E-state index in [-0.39, 0.29) is 0 Å². The second kappa shape index (κ2) is 4.66. The Bertz CT molecular complexity index is 887. The summed E-state index contributed by atoms with van der Waals surface area (Å²) in [5.41, 5.74) is 4.00. The largest absolute Gasteiger partial charge is 0.459 e. The van der Waals surface area contributed by atoms with Crippen molar-refractivity contribution in [3.8, 4) is 0 Å². The summed E-state index contributed by atoms with van der Waals surface area (Å²) in [4.78, 5) is 7.64. The van der Waals surface area contributed by atoms with Gasteiger partial charge in [0.25, 0.3) is 0 Å². The third kappa shape index (κ3) is 2.25. The van der Waals surface area contributed by atoms with E-state index in [0.717, 1.165) is 39.3 Å². The number of aromatic nitrogens is 2. The van der Waals surface area contributed by atoms with Gasteiger partial charge in [0.2, 0.25) is 0 Å². The molecular weight excluding hydrogens is 262 g/mol. The molecule has 4 heteroatoms. The van der Waals surface area contributed by atoms with Gasteiger partial charge in [-0.25, -0.2) is 4.98 Å². The maximum atomic E-state index is 5.80. The zero-order valence-corrected chi connectivity index (χ0v) is 11.7. The Morgan fingerprint density at radius 3 is 2.95 bits per heavy atom. The van der Waals surface area contributed by atoms with Crippen molar-refractivity contribution in [2.45, 2.75) is 13.5 Å². The number of para-hydroxylation sites is 1. The van der Waals surface area contributed by atoms with Gasteiger partial charge in [-0.15, -0.1) is 0 Å². The molecule has 0 unspecified atom stereocenters. The fraction of sp³-hybridized carbons (Fsp3) is 0.118. The molecule has 2 aromatic heterocycles. The minimum absolute atomic E-state index is 0.660. The minimum Gasteiger partial charge on any atom is -0.459 e. The van der Waals surface area contributed by atoms with Crippen LogP contribution >= 0.6 is 0 Å². The highest BCUT2D eigenvalue weighted by Gasteiger charge is 2.04. The van der Waals surface area contributed by atoms with Crippen LogP contribution in [0.1, 0.15) is 11.6 Å². The lowest BCUT2D eigenvalue weighted by atomic mass is 10.2. The van der Waals surface area contributed by atoms with E-state index in [1.807, 2.05) is 37.3 Å². The Morgan fingerprint density at radius 2 is 2.05 bits per heavy atom. The summed E-state index contributed by atoms with van der Waals surface area (Å²) in [6, 6.07) is 16.2. The average Bonchev–Trinajstić information content (AvgIpc) is 3.06. The number of hydrogen-bond acceptors (Lipinski definition) is 3. The Balaban J connectivity index is 1.56. The highest BCUT2D eigenvalue weighted by Crippen LogP contribution is 2.21. The molecule has 0 spiro atoms. The first-order valence-electron chi connectivity index (χ1n) is 6.96. The molecule has 0 fully saturated rings. The van der Waals surface area contributed by atoms with E-state index in [4.69, 9.17) is 4.42 Å². The molecule has 2 heterocycles. The third-order valence-corrected chi connectivity index (χ3v) is 3.54. The quantitative estimate of drug-likeness (QED) is 0.589. The van der Waals surface area contributed by atoms with Gasteiger partial charge in [-0.3, -0.25) is 0 Å². The maximum Gasteiger partial charge on any atom is 0.134 e. The lowest BCUT2D eigenvalue weighted by Gasteiger charge is -2.03. The summed E-state index contributed by atoms with van der Waals surface area (Å²) in [6.07, 6.45) is 0. The van der Waals surface area contributed by atoms with Gasteiger partial charge in [-0.05, 0) is 37.3 Å². The first kappa shape index (κ1) is 12.0. The van der Waals surface area contributed by atoms with Crippen LogP contribution in [0.25, 0.3) is 22.0 Å². The van der Waals surface area contributed by atoms with Crippen molar-refractivity contribution >= 4 is 27.7 Å². The average molecular weight is 277 g/mol. The molecule has 0 saturated heterocycles. The van der Waals surface area contributed by atoms with Crippen molar-refractivity contribution in [2.75, 3.05) is 5.32 Å². The van der Waals surface area contributed by atoms with Crippen LogP contribution in [-0.4, -0.2) is 9.97 Å². The van der Waals surface area contributed by atoms with Crippen LogP contribution < -0.4 is 5.32 Å². The summed E-state index contributed by atoms with van der Waals surface area (Å²) in [6.45, 7) is 2.62. The molecule has 0 aliphatic carbocycles. The number of nitrogens with one attached hydrogen (secondary N) is 2. The molecule has 2 aromatic carbocycles. The molecule has 0 radical (unpaired) electrons. The monoisotopic (exact) mass is 277 g/mol. The maximum absolute atomic E-state index is 5.80. The molecule has 4 aromatic rings. The molecule has 0 aliphatic heterocycles. The van der Waals surface area contributed by atoms with Crippen LogP contribution in [0, 0.1) is 6.92 Å². The zero-order valence-electron chi connectivity index (χ0n) is 11.7. The van der Waals surface area contributed by atoms with Crippen molar-refractivity contribution in [2.24, 2.45) is 0 Å². The first-order valence-corrected chi connectivity index (χ1v) is 6.96. The van der Waals surface area contributed by atoms with Crippen molar-refractivity contribution in [3.63, 3.8) is 0 Å². The smallest absolute Gasteiger partial charge is 0.134 e. The predicted molar refractivity (Wildman–Crippen MR) is 84.4 cm³/mol. The van der Waals surface area contributed by atoms with Gasteiger partial charge in [-0.1, -0.05) is 18.2 Å². The second-order valence-electron chi connectivity index (χ2n) is 5.16. The van der Waals surface area contributed by atoms with Gasteiger partial charge in [0.05, 0.1) is 17.6 Å². The van der Waals surface area contributed by atoms with Gasteiger partial charge in [0, 0.05) is 11.1 Å². The normalized spacial score (nSPS) is 11.3. The van der Waals surface area contributed by atoms with E-state index in [2.05, 4.69) is 33.5 Å². The van der Waals surface area contributed by atoms with Crippen LogP contribution in [0.2, 0.25) is 0 Å². The molecular formula is C17H15N3O. The first-order chi connectivity index (χ1) is 10.3. The standard InChI is InChI=1S/C17H15N3O/c1-11-19-15-7-6-13(9-16(15)20-11)18-10-14-8-12-4-2-3-5-17(12)21-14/h2-9,18H,10H2,1H3,(H,19,20). The topological polar surface area (TPSA) is 53.9 Å². The number of rotatable bonds is 3. The van der Waals surface area contributed by atoms with Crippen molar-refractivity contribution in [3.05, 3.63) is 60.1 Å². The van der Waals surface area contributed by atoms with Gasteiger partial charge >= 0.3 is 0 Å². The molecule has 104 valence electrons. The molecule has 0 amide bonds. The molecule has 0 atom stereocenters. The second-order valence-corrected chi connectivity index (χ2v) is 5.16. The van der Waals surface area contributed by atoms with Gasteiger partial charge in [0.1, 0.15) is 17.2 Å². The third-order valence-electron chi connectivity index (χ3n) is 3.54. The van der Waals surface area contributed by atoms with E-state index in [1.54, 1.807) is 0 Å². The fourth-order valence-electron chi connectivity index (χ4n) is 2.56. The van der Waals surface area contributed by atoms with Gasteiger partial charge in [-0.2, -0.15) is 0 Å². The predicted octanol–water partition coefficient (Wildman–Crippen LogP) is 4.23. The van der Waals surface area contributed by atoms with E-state index >= 15 is 0 Å². The van der Waals surface area contributed by atoms with Gasteiger partial charge in [0.15, 0.2) is 0 Å². The Kier molecular flexibility index (Phi) is 2.67. The number of fused-ring (bicyclic) bond motifs is 2. The summed E-state index contributed by atoms with van der Waals surface area (Å²) >= 11 is 0. The highest BCUT2D eigenvalue weighted by atomic mass is 16.3.